The molecule has 0 saturated heterocycles. The van der Waals surface area contributed by atoms with E-state index < -0.39 is 17.1 Å². The molecule has 9 nitrogen and oxygen atoms in total. The summed E-state index contributed by atoms with van der Waals surface area (Å²) in [5.74, 6) is -1.16. The fraction of sp³-hybridized carbons (Fsp3) is 0.114. The molecule has 1 amide bonds. The van der Waals surface area contributed by atoms with Crippen LogP contribution in [0.4, 0.5) is 10.2 Å². The quantitative estimate of drug-likeness (QED) is 0.190. The summed E-state index contributed by atoms with van der Waals surface area (Å²) in [6, 6.07) is 27.9. The van der Waals surface area contributed by atoms with Crippen LogP contribution in [0.15, 0.2) is 97.2 Å². The van der Waals surface area contributed by atoms with Gasteiger partial charge in [0.05, 0.1) is 28.8 Å². The first kappa shape index (κ1) is 27.9. The topological polar surface area (TPSA) is 136 Å². The zero-order valence-electron chi connectivity index (χ0n) is 23.9. The summed E-state index contributed by atoms with van der Waals surface area (Å²) in [7, 11) is 0. The molecule has 1 fully saturated rings. The van der Waals surface area contributed by atoms with Crippen molar-refractivity contribution < 1.29 is 19.1 Å². The third-order valence-electron chi connectivity index (χ3n) is 8.17. The Balaban J connectivity index is 1.22. The number of phenols is 1. The number of benzene rings is 3. The molecule has 3 heterocycles. The molecule has 222 valence electrons. The molecular formula is C35H27FN6O3. The second kappa shape index (κ2) is 11.0. The predicted octanol–water partition coefficient (Wildman–Crippen LogP) is 5.74. The van der Waals surface area contributed by atoms with E-state index in [2.05, 4.69) is 10.3 Å². The molecule has 1 saturated carbocycles. The molecular weight excluding hydrogens is 571 g/mol. The summed E-state index contributed by atoms with van der Waals surface area (Å²) in [5.41, 5.74) is 11.1. The molecule has 1 aliphatic carbocycles. The second-order valence-electron chi connectivity index (χ2n) is 11.1. The van der Waals surface area contributed by atoms with E-state index in [-0.39, 0.29) is 23.5 Å². The highest BCUT2D eigenvalue weighted by atomic mass is 19.1. The Labute approximate surface area is 257 Å². The lowest BCUT2D eigenvalue weighted by atomic mass is 10.0. The third-order valence-corrected chi connectivity index (χ3v) is 8.17. The van der Waals surface area contributed by atoms with Crippen LogP contribution in [0.3, 0.4) is 0 Å². The van der Waals surface area contributed by atoms with Gasteiger partial charge in [-0.05, 0) is 60.9 Å². The maximum absolute atomic E-state index is 14.6. The van der Waals surface area contributed by atoms with Crippen LogP contribution < -0.4 is 11.1 Å². The van der Waals surface area contributed by atoms with Crippen LogP contribution in [-0.2, 0) is 16.8 Å². The number of phenolic OH excluding ortho intramolecular Hbond substituents is 1. The van der Waals surface area contributed by atoms with Crippen LogP contribution in [0.5, 0.6) is 5.75 Å². The number of hydrogen-bond donors (Lipinski definition) is 3. The summed E-state index contributed by atoms with van der Waals surface area (Å²) >= 11 is 0. The molecule has 0 radical (unpaired) electrons. The number of imidazole rings is 1. The predicted molar refractivity (Wildman–Crippen MR) is 168 cm³/mol. The average molecular weight is 599 g/mol. The van der Waals surface area contributed by atoms with E-state index in [1.807, 2.05) is 83.4 Å². The Morgan fingerprint density at radius 3 is 2.47 bits per heavy atom. The SMILES string of the molecule is Nc1ncccc1-c1nc2ccc(-c3ccccc3)nc2n1-c1ccc(C2(NC(=O)Cc3ccc(C=O)c(O)c3F)CC2)cc1. The van der Waals surface area contributed by atoms with Crippen molar-refractivity contribution in [1.29, 1.82) is 0 Å². The second-order valence-corrected chi connectivity index (χ2v) is 11.1. The van der Waals surface area contributed by atoms with Crippen molar-refractivity contribution >= 4 is 29.2 Å². The Hall–Kier alpha value is -5.90. The lowest BCUT2D eigenvalue weighted by molar-refractivity contribution is -0.121. The van der Waals surface area contributed by atoms with Crippen LogP contribution in [0.1, 0.15) is 34.3 Å². The fourth-order valence-corrected chi connectivity index (χ4v) is 5.64. The number of aromatic nitrogens is 4. The van der Waals surface area contributed by atoms with Gasteiger partial charge in [-0.3, -0.25) is 14.2 Å². The van der Waals surface area contributed by atoms with Gasteiger partial charge in [-0.2, -0.15) is 0 Å². The lowest BCUT2D eigenvalue weighted by Gasteiger charge is -2.19. The standard InChI is InChI=1S/C35H27FN6O3/c36-30-22(8-9-23(20-43)31(30)45)19-29(44)41-35(16-17-35)24-10-12-25(13-11-24)42-33(26-7-4-18-38-32(26)37)40-28-15-14-27(39-34(28)42)21-5-2-1-3-6-21/h1-15,18,20,45H,16-17,19H2,(H2,37,38)(H,41,44). The molecule has 0 spiro atoms. The molecule has 4 N–H and O–H groups in total. The number of nitrogens with one attached hydrogen (secondary N) is 1. The van der Waals surface area contributed by atoms with Gasteiger partial charge in [-0.15, -0.1) is 0 Å². The minimum Gasteiger partial charge on any atom is -0.504 e. The Bertz CT molecular complexity index is 2090. The van der Waals surface area contributed by atoms with Crippen molar-refractivity contribution in [2.24, 2.45) is 0 Å². The number of aromatic hydroxyl groups is 1. The molecule has 0 unspecified atom stereocenters. The molecule has 45 heavy (non-hydrogen) atoms. The van der Waals surface area contributed by atoms with Gasteiger partial charge < -0.3 is 16.2 Å². The van der Waals surface area contributed by atoms with Gasteiger partial charge in [0.1, 0.15) is 11.3 Å². The van der Waals surface area contributed by atoms with Crippen molar-refractivity contribution in [3.05, 3.63) is 120 Å². The monoisotopic (exact) mass is 598 g/mol. The highest BCUT2D eigenvalue weighted by Gasteiger charge is 2.45. The lowest BCUT2D eigenvalue weighted by Crippen LogP contribution is -2.36. The number of aldehydes is 1. The smallest absolute Gasteiger partial charge is 0.225 e. The van der Waals surface area contributed by atoms with Gasteiger partial charge in [-0.25, -0.2) is 19.3 Å². The number of hydrogen-bond acceptors (Lipinski definition) is 7. The normalized spacial score (nSPS) is 13.4. The molecule has 1 aliphatic rings. The minimum atomic E-state index is -0.967. The summed E-state index contributed by atoms with van der Waals surface area (Å²) in [4.78, 5) is 38.1. The Morgan fingerprint density at radius 2 is 1.76 bits per heavy atom. The first-order chi connectivity index (χ1) is 21.9. The average Bonchev–Trinajstić information content (AvgIpc) is 3.74. The number of nitrogens with two attached hydrogens (primary N) is 1. The molecule has 0 aliphatic heterocycles. The van der Waals surface area contributed by atoms with Gasteiger partial charge in [0.15, 0.2) is 29.3 Å². The van der Waals surface area contributed by atoms with Crippen molar-refractivity contribution in [3.8, 4) is 34.1 Å². The Kier molecular flexibility index (Phi) is 6.81. The number of nitrogens with zero attached hydrogens (tertiary/aromatic N) is 4. The molecule has 6 aromatic rings. The van der Waals surface area contributed by atoms with Gasteiger partial charge >= 0.3 is 0 Å². The zero-order valence-corrected chi connectivity index (χ0v) is 23.9. The number of halogens is 1. The number of carbonyl (C=O) groups excluding carboxylic acids is 2. The fourth-order valence-electron chi connectivity index (χ4n) is 5.64. The summed E-state index contributed by atoms with van der Waals surface area (Å²) in [6.45, 7) is 0. The van der Waals surface area contributed by atoms with Gasteiger partial charge in [-0.1, -0.05) is 48.5 Å². The number of amides is 1. The van der Waals surface area contributed by atoms with Gasteiger partial charge in [0.2, 0.25) is 5.91 Å². The number of anilines is 1. The number of carbonyl (C=O) groups is 2. The van der Waals surface area contributed by atoms with Crippen LogP contribution in [0.25, 0.3) is 39.5 Å². The van der Waals surface area contributed by atoms with E-state index in [0.29, 0.717) is 34.7 Å². The van der Waals surface area contributed by atoms with Gasteiger partial charge in [0, 0.05) is 23.0 Å². The molecule has 0 atom stereocenters. The van der Waals surface area contributed by atoms with Crippen molar-refractivity contribution in [2.75, 3.05) is 5.73 Å². The molecule has 3 aromatic heterocycles. The number of nitrogen functional groups attached to an aromatic ring is 1. The summed E-state index contributed by atoms with van der Waals surface area (Å²) in [6.07, 6.45) is 3.18. The molecule has 10 heteroatoms. The Morgan fingerprint density at radius 1 is 0.978 bits per heavy atom. The first-order valence-electron chi connectivity index (χ1n) is 14.4. The highest BCUT2D eigenvalue weighted by Crippen LogP contribution is 2.46. The van der Waals surface area contributed by atoms with Crippen LogP contribution >= 0.6 is 0 Å². The highest BCUT2D eigenvalue weighted by molar-refractivity contribution is 5.85. The summed E-state index contributed by atoms with van der Waals surface area (Å²) in [5, 5.41) is 13.0. The molecule has 0 bridgehead atoms. The van der Waals surface area contributed by atoms with Crippen LogP contribution in [0.2, 0.25) is 0 Å². The largest absolute Gasteiger partial charge is 0.504 e. The maximum atomic E-state index is 14.6. The first-order valence-corrected chi connectivity index (χ1v) is 14.4. The van der Waals surface area contributed by atoms with Crippen LogP contribution in [-0.4, -0.2) is 36.8 Å². The van der Waals surface area contributed by atoms with E-state index >= 15 is 0 Å². The number of pyridine rings is 2. The minimum absolute atomic E-state index is 0.0123. The van der Waals surface area contributed by atoms with Gasteiger partial charge in [0.25, 0.3) is 0 Å². The van der Waals surface area contributed by atoms with E-state index in [1.54, 1.807) is 6.20 Å². The molecule has 7 rings (SSSR count). The zero-order chi connectivity index (χ0) is 31.1. The number of rotatable bonds is 8. The van der Waals surface area contributed by atoms with E-state index in [1.165, 1.54) is 12.1 Å². The van der Waals surface area contributed by atoms with Crippen LogP contribution in [0, 0.1) is 5.82 Å². The van der Waals surface area contributed by atoms with Crippen molar-refractivity contribution in [3.63, 3.8) is 0 Å². The maximum Gasteiger partial charge on any atom is 0.225 e. The van der Waals surface area contributed by atoms with E-state index in [0.717, 1.165) is 35.3 Å². The summed E-state index contributed by atoms with van der Waals surface area (Å²) < 4.78 is 16.5. The van der Waals surface area contributed by atoms with Crippen molar-refractivity contribution in [2.45, 2.75) is 24.8 Å². The third kappa shape index (κ3) is 5.06. The van der Waals surface area contributed by atoms with E-state index in [9.17, 15) is 19.1 Å². The van der Waals surface area contributed by atoms with E-state index in [4.69, 9.17) is 15.7 Å². The van der Waals surface area contributed by atoms with Crippen molar-refractivity contribution in [1.82, 2.24) is 24.8 Å². The molecule has 3 aromatic carbocycles. The number of fused-ring (bicyclic) bond motifs is 1.